The average Bonchev–Trinajstić information content (AvgIpc) is 1.73. The third kappa shape index (κ3) is 8.59. The molecular formula is C5H12O7P2. The molecule has 84 valence electrons. The molecule has 0 aliphatic carbocycles. The lowest BCUT2D eigenvalue weighted by molar-refractivity contribution is 0.191. The van der Waals surface area contributed by atoms with E-state index >= 15 is 0 Å². The minimum atomic E-state index is -5.12. The van der Waals surface area contributed by atoms with Gasteiger partial charge in [-0.15, -0.1) is 0 Å². The van der Waals surface area contributed by atoms with Crippen molar-refractivity contribution in [2.24, 2.45) is 0 Å². The zero-order valence-electron chi connectivity index (χ0n) is 8.52. The first-order valence-corrected chi connectivity index (χ1v) is 6.40. The summed E-state index contributed by atoms with van der Waals surface area (Å²) in [6.45, 7) is 1.71. The normalized spacial score (nSPS) is 19.4. The van der Waals surface area contributed by atoms with Crippen molar-refractivity contribution in [3.05, 3.63) is 11.6 Å². The van der Waals surface area contributed by atoms with Gasteiger partial charge in [0.1, 0.15) is 0 Å². The van der Waals surface area contributed by atoms with Crippen molar-refractivity contribution >= 4 is 15.6 Å². The molecule has 0 fully saturated rings. The maximum absolute atomic E-state index is 10.9. The summed E-state index contributed by atoms with van der Waals surface area (Å²) in [5.41, 5.74) is 0.645. The molecule has 0 radical (unpaired) electrons. The number of hydrogen-bond donors (Lipinski definition) is 3. The molecule has 0 aromatic heterocycles. The van der Waals surface area contributed by atoms with Crippen LogP contribution in [0.15, 0.2) is 11.6 Å². The Labute approximate surface area is 82.6 Å². The van der Waals surface area contributed by atoms with Crippen LogP contribution in [0, 0.1) is 0 Å². The fraction of sp³-hybridized carbons (Fsp3) is 0.600. The Kier molecular flexibility index (Phi) is 4.47. The van der Waals surface area contributed by atoms with E-state index in [9.17, 15) is 9.13 Å². The van der Waals surface area contributed by atoms with E-state index < -0.39 is 22.2 Å². The highest BCUT2D eigenvalue weighted by Gasteiger charge is 2.31. The van der Waals surface area contributed by atoms with Crippen LogP contribution in [0.25, 0.3) is 0 Å². The Hall–Kier alpha value is -0.0000000000000000416. The van der Waals surface area contributed by atoms with E-state index in [2.05, 4.69) is 8.83 Å². The van der Waals surface area contributed by atoms with Crippen molar-refractivity contribution < 1.29 is 34.0 Å². The zero-order chi connectivity index (χ0) is 12.3. The van der Waals surface area contributed by atoms with Gasteiger partial charge in [-0.25, -0.2) is 9.13 Å². The molecule has 0 aliphatic rings. The van der Waals surface area contributed by atoms with E-state index in [1.165, 1.54) is 6.08 Å². The number of allylic oxidation sites excluding steroid dienone is 1. The monoisotopic (exact) mass is 247 g/mol. The van der Waals surface area contributed by atoms with E-state index in [1.54, 1.807) is 13.8 Å². The van der Waals surface area contributed by atoms with Crippen LogP contribution < -0.4 is 0 Å². The molecule has 0 aliphatic heterocycles. The van der Waals surface area contributed by atoms with Gasteiger partial charge in [0.25, 0.3) is 0 Å². The molecule has 0 heterocycles. The van der Waals surface area contributed by atoms with Gasteiger partial charge in [-0.3, -0.25) is 4.52 Å². The summed E-state index contributed by atoms with van der Waals surface area (Å²) in [6.07, 6.45) is 1.17. The van der Waals surface area contributed by atoms with E-state index in [1.807, 2.05) is 0 Å². The van der Waals surface area contributed by atoms with Gasteiger partial charge >= 0.3 is 15.6 Å². The SMILES string of the molecule is [2H][C@@H](C=C(C)C)OP(=O)(O)OP(=O)(O)O. The van der Waals surface area contributed by atoms with Gasteiger partial charge in [-0.1, -0.05) is 11.6 Å². The quantitative estimate of drug-likeness (QED) is 0.493. The Morgan fingerprint density at radius 2 is 1.93 bits per heavy atom. The first kappa shape index (κ1) is 12.1. The maximum Gasteiger partial charge on any atom is 0.481 e. The third-order valence-electron chi connectivity index (χ3n) is 0.805. The lowest BCUT2D eigenvalue weighted by atomic mass is 10.3. The molecule has 14 heavy (non-hydrogen) atoms. The van der Waals surface area contributed by atoms with Crippen LogP contribution in [-0.4, -0.2) is 21.3 Å². The molecule has 0 amide bonds. The van der Waals surface area contributed by atoms with E-state index in [4.69, 9.17) is 16.1 Å². The Morgan fingerprint density at radius 1 is 1.43 bits per heavy atom. The molecule has 0 aromatic rings. The topological polar surface area (TPSA) is 113 Å². The summed E-state index contributed by atoms with van der Waals surface area (Å²) in [6, 6.07) is 0. The first-order chi connectivity index (χ1) is 6.52. The molecule has 0 saturated carbocycles. The molecule has 0 saturated heterocycles. The predicted molar refractivity (Wildman–Crippen MR) is 48.3 cm³/mol. The highest BCUT2D eigenvalue weighted by molar-refractivity contribution is 7.60. The van der Waals surface area contributed by atoms with Crippen molar-refractivity contribution in [3.63, 3.8) is 0 Å². The lowest BCUT2D eigenvalue weighted by Crippen LogP contribution is -1.94. The van der Waals surface area contributed by atoms with Crippen LogP contribution in [0.1, 0.15) is 15.2 Å². The third-order valence-corrected chi connectivity index (χ3v) is 2.87. The minimum absolute atomic E-state index is 0.645. The highest BCUT2D eigenvalue weighted by atomic mass is 31.3. The van der Waals surface area contributed by atoms with Crippen LogP contribution >= 0.6 is 15.6 Å². The number of hydrogen-bond acceptors (Lipinski definition) is 4. The first-order valence-electron chi connectivity index (χ1n) is 3.95. The molecule has 0 bridgehead atoms. The van der Waals surface area contributed by atoms with Crippen molar-refractivity contribution in [1.29, 1.82) is 0 Å². The van der Waals surface area contributed by atoms with Gasteiger partial charge < -0.3 is 14.7 Å². The van der Waals surface area contributed by atoms with Gasteiger partial charge in [-0.05, 0) is 13.8 Å². The van der Waals surface area contributed by atoms with Crippen LogP contribution in [-0.2, 0) is 18.0 Å². The van der Waals surface area contributed by atoms with Crippen LogP contribution in [0.5, 0.6) is 0 Å². The minimum Gasteiger partial charge on any atom is -0.302 e. The molecular weight excluding hydrogens is 234 g/mol. The summed E-state index contributed by atoms with van der Waals surface area (Å²) in [4.78, 5) is 25.3. The summed E-state index contributed by atoms with van der Waals surface area (Å²) < 4.78 is 35.8. The van der Waals surface area contributed by atoms with Crippen molar-refractivity contribution in [3.8, 4) is 0 Å². The molecule has 0 aromatic carbocycles. The average molecular weight is 247 g/mol. The Bertz CT molecular complexity index is 330. The molecule has 0 rings (SSSR count). The van der Waals surface area contributed by atoms with Crippen LogP contribution in [0.3, 0.4) is 0 Å². The van der Waals surface area contributed by atoms with E-state index in [0.29, 0.717) is 5.57 Å². The summed E-state index contributed by atoms with van der Waals surface area (Å²) in [5.74, 6) is 0. The molecule has 2 atom stereocenters. The van der Waals surface area contributed by atoms with E-state index in [-0.39, 0.29) is 0 Å². The second-order valence-corrected chi connectivity index (χ2v) is 5.31. The molecule has 3 N–H and O–H groups in total. The van der Waals surface area contributed by atoms with Gasteiger partial charge in [0.15, 0.2) is 0 Å². The van der Waals surface area contributed by atoms with Crippen LogP contribution in [0.2, 0.25) is 0 Å². The predicted octanol–water partition coefficient (Wildman–Crippen LogP) is 1.18. The van der Waals surface area contributed by atoms with Crippen molar-refractivity contribution in [2.75, 3.05) is 6.58 Å². The van der Waals surface area contributed by atoms with Crippen LogP contribution in [0.4, 0.5) is 0 Å². The number of phosphoric acid groups is 2. The summed E-state index contributed by atoms with van der Waals surface area (Å²) in [5, 5.41) is 0. The van der Waals surface area contributed by atoms with E-state index in [0.717, 1.165) is 0 Å². The van der Waals surface area contributed by atoms with Crippen molar-refractivity contribution in [1.82, 2.24) is 0 Å². The Morgan fingerprint density at radius 3 is 2.29 bits per heavy atom. The van der Waals surface area contributed by atoms with Gasteiger partial charge in [0.2, 0.25) is 0 Å². The lowest BCUT2D eigenvalue weighted by Gasteiger charge is -2.10. The van der Waals surface area contributed by atoms with Gasteiger partial charge in [0, 0.05) is 0 Å². The summed E-state index contributed by atoms with van der Waals surface area (Å²) in [7, 11) is -10.0. The standard InChI is InChI=1S/C5H12O7P2/c1-5(2)3-4-11-14(9,10)12-13(6,7)8/h3H,4H2,1-2H3,(H,9,10)(H2,6,7,8)/i4D/t4-/m0/s1. The zero-order valence-corrected chi connectivity index (χ0v) is 9.31. The smallest absolute Gasteiger partial charge is 0.302 e. The second-order valence-electron chi connectivity index (χ2n) is 2.53. The van der Waals surface area contributed by atoms with Gasteiger partial charge in [0.05, 0.1) is 7.95 Å². The van der Waals surface area contributed by atoms with Crippen molar-refractivity contribution in [2.45, 2.75) is 13.8 Å². The largest absolute Gasteiger partial charge is 0.481 e. The second kappa shape index (κ2) is 5.19. The molecule has 9 heteroatoms. The highest BCUT2D eigenvalue weighted by Crippen LogP contribution is 2.57. The maximum atomic E-state index is 10.9. The number of rotatable bonds is 5. The summed E-state index contributed by atoms with van der Waals surface area (Å²) >= 11 is 0. The van der Waals surface area contributed by atoms with Gasteiger partial charge in [-0.2, -0.15) is 4.31 Å². The molecule has 0 spiro atoms. The fourth-order valence-electron chi connectivity index (χ4n) is 0.397. The molecule has 7 nitrogen and oxygen atoms in total. The number of phosphoric ester groups is 1. The fourth-order valence-corrected chi connectivity index (χ4v) is 1.84. The Balaban J connectivity index is 4.46. The molecule has 1 unspecified atom stereocenters.